The molecule has 0 saturated heterocycles. The SMILES string of the molecule is CCC(C)N(CCOC)C(=O)[C@@H](N)CCc1ccccc1. The second kappa shape index (κ2) is 9.53. The fourth-order valence-corrected chi connectivity index (χ4v) is 2.26. The number of hydrogen-bond donors (Lipinski definition) is 1. The summed E-state index contributed by atoms with van der Waals surface area (Å²) in [5.41, 5.74) is 7.31. The van der Waals surface area contributed by atoms with Crippen molar-refractivity contribution >= 4 is 5.91 Å². The van der Waals surface area contributed by atoms with E-state index in [9.17, 15) is 4.79 Å². The molecule has 1 aromatic rings. The van der Waals surface area contributed by atoms with E-state index in [1.54, 1.807) is 7.11 Å². The zero-order valence-corrected chi connectivity index (χ0v) is 13.4. The van der Waals surface area contributed by atoms with Crippen molar-refractivity contribution < 1.29 is 9.53 Å². The third-order valence-electron chi connectivity index (χ3n) is 3.85. The second-order valence-electron chi connectivity index (χ2n) is 5.41. The Morgan fingerprint density at radius 2 is 2.00 bits per heavy atom. The molecule has 1 rings (SSSR count). The number of methoxy groups -OCH3 is 1. The van der Waals surface area contributed by atoms with Crippen LogP contribution in [0.3, 0.4) is 0 Å². The minimum Gasteiger partial charge on any atom is -0.383 e. The van der Waals surface area contributed by atoms with Gasteiger partial charge in [0.25, 0.3) is 0 Å². The third kappa shape index (κ3) is 5.86. The van der Waals surface area contributed by atoms with E-state index in [4.69, 9.17) is 10.5 Å². The standard InChI is InChI=1S/C17H28N2O2/c1-4-14(2)19(12-13-21-3)17(20)16(18)11-10-15-8-6-5-7-9-15/h5-9,14,16H,4,10-13,18H2,1-3H3/t14?,16-/m0/s1. The fraction of sp³-hybridized carbons (Fsp3) is 0.588. The monoisotopic (exact) mass is 292 g/mol. The molecule has 0 spiro atoms. The van der Waals surface area contributed by atoms with Crippen molar-refractivity contribution in [2.45, 2.75) is 45.2 Å². The number of benzene rings is 1. The Labute approximate surface area is 128 Å². The van der Waals surface area contributed by atoms with Gasteiger partial charge in [-0.3, -0.25) is 4.79 Å². The first-order chi connectivity index (χ1) is 10.1. The van der Waals surface area contributed by atoms with E-state index in [1.165, 1.54) is 5.56 Å². The van der Waals surface area contributed by atoms with E-state index in [-0.39, 0.29) is 11.9 Å². The molecule has 0 aliphatic rings. The van der Waals surface area contributed by atoms with Gasteiger partial charge in [-0.05, 0) is 31.7 Å². The summed E-state index contributed by atoms with van der Waals surface area (Å²) in [6.45, 7) is 5.27. The molecule has 1 aromatic carbocycles. The summed E-state index contributed by atoms with van der Waals surface area (Å²) in [6, 6.07) is 9.87. The predicted molar refractivity (Wildman–Crippen MR) is 86.1 cm³/mol. The van der Waals surface area contributed by atoms with Gasteiger partial charge >= 0.3 is 0 Å². The molecular formula is C17H28N2O2. The van der Waals surface area contributed by atoms with Crippen LogP contribution in [0, 0.1) is 0 Å². The summed E-state index contributed by atoms with van der Waals surface area (Å²) in [5.74, 6) is 0.0253. The number of nitrogens with two attached hydrogens (primary N) is 1. The van der Waals surface area contributed by atoms with E-state index >= 15 is 0 Å². The molecule has 0 fully saturated rings. The van der Waals surface area contributed by atoms with E-state index in [0.717, 1.165) is 12.8 Å². The first kappa shape index (κ1) is 17.7. The van der Waals surface area contributed by atoms with Crippen molar-refractivity contribution in [1.29, 1.82) is 0 Å². The molecule has 118 valence electrons. The van der Waals surface area contributed by atoms with Crippen LogP contribution in [0.2, 0.25) is 0 Å². The number of amides is 1. The Morgan fingerprint density at radius 1 is 1.33 bits per heavy atom. The van der Waals surface area contributed by atoms with Crippen LogP contribution in [-0.4, -0.2) is 43.2 Å². The molecule has 0 saturated carbocycles. The maximum Gasteiger partial charge on any atom is 0.239 e. The molecule has 0 aliphatic heterocycles. The van der Waals surface area contributed by atoms with Crippen LogP contribution in [0.1, 0.15) is 32.3 Å². The molecule has 1 unspecified atom stereocenters. The molecule has 0 aliphatic carbocycles. The van der Waals surface area contributed by atoms with Gasteiger partial charge in [0.1, 0.15) is 0 Å². The van der Waals surface area contributed by atoms with E-state index in [2.05, 4.69) is 26.0 Å². The zero-order chi connectivity index (χ0) is 15.7. The van der Waals surface area contributed by atoms with Crippen molar-refractivity contribution in [3.63, 3.8) is 0 Å². The highest BCUT2D eigenvalue weighted by molar-refractivity contribution is 5.82. The molecule has 0 aromatic heterocycles. The van der Waals surface area contributed by atoms with Crippen LogP contribution >= 0.6 is 0 Å². The number of carbonyl (C=O) groups excluding carboxylic acids is 1. The molecule has 0 radical (unpaired) electrons. The first-order valence-corrected chi connectivity index (χ1v) is 7.69. The largest absolute Gasteiger partial charge is 0.383 e. The molecule has 2 atom stereocenters. The molecule has 4 heteroatoms. The average molecular weight is 292 g/mol. The third-order valence-corrected chi connectivity index (χ3v) is 3.85. The summed E-state index contributed by atoms with van der Waals surface area (Å²) in [6.07, 6.45) is 2.41. The normalized spacial score (nSPS) is 13.7. The summed E-state index contributed by atoms with van der Waals surface area (Å²) in [5, 5.41) is 0. The number of carbonyl (C=O) groups is 1. The summed E-state index contributed by atoms with van der Waals surface area (Å²) < 4.78 is 5.09. The Bertz CT molecular complexity index is 409. The Morgan fingerprint density at radius 3 is 2.57 bits per heavy atom. The average Bonchev–Trinajstić information content (AvgIpc) is 2.53. The highest BCUT2D eigenvalue weighted by atomic mass is 16.5. The lowest BCUT2D eigenvalue weighted by Gasteiger charge is -2.30. The zero-order valence-electron chi connectivity index (χ0n) is 13.4. The van der Waals surface area contributed by atoms with E-state index < -0.39 is 6.04 Å². The van der Waals surface area contributed by atoms with Crippen LogP contribution in [0.15, 0.2) is 30.3 Å². The molecule has 0 bridgehead atoms. The summed E-state index contributed by atoms with van der Waals surface area (Å²) >= 11 is 0. The Kier molecular flexibility index (Phi) is 8.01. The summed E-state index contributed by atoms with van der Waals surface area (Å²) in [7, 11) is 1.65. The molecule has 4 nitrogen and oxygen atoms in total. The number of aryl methyl sites for hydroxylation is 1. The smallest absolute Gasteiger partial charge is 0.239 e. The van der Waals surface area contributed by atoms with Gasteiger partial charge in [0.15, 0.2) is 0 Å². The Hall–Kier alpha value is -1.39. The van der Waals surface area contributed by atoms with Crippen molar-refractivity contribution in [1.82, 2.24) is 4.90 Å². The van der Waals surface area contributed by atoms with Crippen molar-refractivity contribution in [2.24, 2.45) is 5.73 Å². The van der Waals surface area contributed by atoms with Crippen molar-refractivity contribution in [2.75, 3.05) is 20.3 Å². The fourth-order valence-electron chi connectivity index (χ4n) is 2.26. The highest BCUT2D eigenvalue weighted by Gasteiger charge is 2.23. The van der Waals surface area contributed by atoms with Gasteiger partial charge in [-0.15, -0.1) is 0 Å². The Balaban J connectivity index is 2.56. The van der Waals surface area contributed by atoms with Crippen LogP contribution in [0.25, 0.3) is 0 Å². The number of rotatable bonds is 9. The molecule has 1 amide bonds. The van der Waals surface area contributed by atoms with Gasteiger partial charge in [-0.1, -0.05) is 37.3 Å². The number of hydrogen-bond acceptors (Lipinski definition) is 3. The van der Waals surface area contributed by atoms with Crippen molar-refractivity contribution in [3.8, 4) is 0 Å². The lowest BCUT2D eigenvalue weighted by Crippen LogP contribution is -2.49. The van der Waals surface area contributed by atoms with Crippen LogP contribution in [-0.2, 0) is 16.0 Å². The van der Waals surface area contributed by atoms with Crippen LogP contribution in [0.4, 0.5) is 0 Å². The van der Waals surface area contributed by atoms with Crippen LogP contribution in [0.5, 0.6) is 0 Å². The predicted octanol–water partition coefficient (Wildman–Crippen LogP) is 2.22. The lowest BCUT2D eigenvalue weighted by molar-refractivity contribution is -0.135. The quantitative estimate of drug-likeness (QED) is 0.759. The summed E-state index contributed by atoms with van der Waals surface area (Å²) in [4.78, 5) is 14.4. The van der Waals surface area contributed by atoms with Gasteiger partial charge in [0, 0.05) is 19.7 Å². The first-order valence-electron chi connectivity index (χ1n) is 7.69. The molecule has 21 heavy (non-hydrogen) atoms. The second-order valence-corrected chi connectivity index (χ2v) is 5.41. The maximum atomic E-state index is 12.5. The van der Waals surface area contributed by atoms with E-state index in [1.807, 2.05) is 23.1 Å². The van der Waals surface area contributed by atoms with Gasteiger partial charge in [0.2, 0.25) is 5.91 Å². The lowest BCUT2D eigenvalue weighted by atomic mass is 10.0. The van der Waals surface area contributed by atoms with E-state index in [0.29, 0.717) is 19.6 Å². The maximum absolute atomic E-state index is 12.5. The number of nitrogens with zero attached hydrogens (tertiary/aromatic N) is 1. The minimum atomic E-state index is -0.448. The van der Waals surface area contributed by atoms with Gasteiger partial charge in [0.05, 0.1) is 12.6 Å². The number of ether oxygens (including phenoxy) is 1. The van der Waals surface area contributed by atoms with Gasteiger partial charge < -0.3 is 15.4 Å². The topological polar surface area (TPSA) is 55.6 Å². The molecular weight excluding hydrogens is 264 g/mol. The molecule has 2 N–H and O–H groups in total. The van der Waals surface area contributed by atoms with Crippen LogP contribution < -0.4 is 5.73 Å². The van der Waals surface area contributed by atoms with Gasteiger partial charge in [-0.25, -0.2) is 0 Å². The molecule has 0 heterocycles. The minimum absolute atomic E-state index is 0.0253. The van der Waals surface area contributed by atoms with Crippen molar-refractivity contribution in [3.05, 3.63) is 35.9 Å². The highest BCUT2D eigenvalue weighted by Crippen LogP contribution is 2.10. The van der Waals surface area contributed by atoms with Gasteiger partial charge in [-0.2, -0.15) is 0 Å².